The van der Waals surface area contributed by atoms with E-state index in [0.717, 1.165) is 24.0 Å². The zero-order chi connectivity index (χ0) is 12.7. The molecule has 1 aromatic rings. The molecule has 0 aromatic heterocycles. The Morgan fingerprint density at radius 1 is 1.41 bits per heavy atom. The van der Waals surface area contributed by atoms with Crippen molar-refractivity contribution in [1.29, 1.82) is 0 Å². The molecule has 3 N–H and O–H groups in total. The number of nitrogens with one attached hydrogen (secondary N) is 2. The standard InChI is InChI=1S/C12H17BrN2O2/c1-2-14-6-3-7-15-12(17)10-8-9(13)4-5-11(10)16/h4-5,8,14,16H,2-3,6-7H2,1H3,(H,15,17). The van der Waals surface area contributed by atoms with Crippen molar-refractivity contribution in [3.8, 4) is 5.75 Å². The van der Waals surface area contributed by atoms with Gasteiger partial charge in [-0.1, -0.05) is 22.9 Å². The van der Waals surface area contributed by atoms with Gasteiger partial charge < -0.3 is 15.7 Å². The highest BCUT2D eigenvalue weighted by molar-refractivity contribution is 9.10. The number of carbonyl (C=O) groups is 1. The van der Waals surface area contributed by atoms with Gasteiger partial charge in [0.15, 0.2) is 0 Å². The fourth-order valence-electron chi connectivity index (χ4n) is 1.38. The third kappa shape index (κ3) is 4.75. The first-order valence-corrected chi connectivity index (χ1v) is 6.42. The molecule has 0 fully saturated rings. The molecule has 5 heteroatoms. The van der Waals surface area contributed by atoms with Gasteiger partial charge in [-0.25, -0.2) is 0 Å². The van der Waals surface area contributed by atoms with E-state index in [4.69, 9.17) is 0 Å². The second-order valence-corrected chi connectivity index (χ2v) is 4.54. The number of amides is 1. The molecule has 0 aliphatic rings. The SMILES string of the molecule is CCNCCCNC(=O)c1cc(Br)ccc1O. The van der Waals surface area contributed by atoms with Gasteiger partial charge in [-0.3, -0.25) is 4.79 Å². The maximum Gasteiger partial charge on any atom is 0.255 e. The van der Waals surface area contributed by atoms with Crippen LogP contribution in [0.3, 0.4) is 0 Å². The minimum absolute atomic E-state index is 0.00242. The van der Waals surface area contributed by atoms with Crippen LogP contribution < -0.4 is 10.6 Å². The number of benzene rings is 1. The summed E-state index contributed by atoms with van der Waals surface area (Å²) in [6.45, 7) is 4.44. The van der Waals surface area contributed by atoms with Crippen molar-refractivity contribution in [3.05, 3.63) is 28.2 Å². The summed E-state index contributed by atoms with van der Waals surface area (Å²) in [6, 6.07) is 4.80. The van der Waals surface area contributed by atoms with Crippen LogP contribution in [0, 0.1) is 0 Å². The minimum atomic E-state index is -0.250. The van der Waals surface area contributed by atoms with Crippen LogP contribution >= 0.6 is 15.9 Å². The van der Waals surface area contributed by atoms with Crippen molar-refractivity contribution in [3.63, 3.8) is 0 Å². The lowest BCUT2D eigenvalue weighted by molar-refractivity contribution is 0.0950. The molecule has 1 rings (SSSR count). The van der Waals surface area contributed by atoms with Crippen LogP contribution in [0.25, 0.3) is 0 Å². The average Bonchev–Trinajstić information content (AvgIpc) is 2.32. The third-order valence-electron chi connectivity index (χ3n) is 2.27. The summed E-state index contributed by atoms with van der Waals surface area (Å²) in [5, 5.41) is 15.5. The second kappa shape index (κ2) is 7.29. The van der Waals surface area contributed by atoms with E-state index < -0.39 is 0 Å². The Balaban J connectivity index is 2.44. The largest absolute Gasteiger partial charge is 0.507 e. The van der Waals surface area contributed by atoms with Crippen molar-refractivity contribution >= 4 is 21.8 Å². The summed E-state index contributed by atoms with van der Waals surface area (Å²) in [5.41, 5.74) is 0.294. The quantitative estimate of drug-likeness (QED) is 0.703. The molecule has 0 aliphatic carbocycles. The first kappa shape index (κ1) is 14.0. The van der Waals surface area contributed by atoms with Gasteiger partial charge in [0.25, 0.3) is 5.91 Å². The van der Waals surface area contributed by atoms with Crippen molar-refractivity contribution in [2.45, 2.75) is 13.3 Å². The van der Waals surface area contributed by atoms with Gasteiger partial charge >= 0.3 is 0 Å². The predicted octanol–water partition coefficient (Wildman–Crippen LogP) is 1.88. The Kier molecular flexibility index (Phi) is 6.00. The lowest BCUT2D eigenvalue weighted by atomic mass is 10.2. The smallest absolute Gasteiger partial charge is 0.255 e. The molecule has 94 valence electrons. The van der Waals surface area contributed by atoms with Crippen molar-refractivity contribution in [2.24, 2.45) is 0 Å². The number of aromatic hydroxyl groups is 1. The Bertz CT molecular complexity index is 383. The molecule has 17 heavy (non-hydrogen) atoms. The van der Waals surface area contributed by atoms with Crippen molar-refractivity contribution in [1.82, 2.24) is 10.6 Å². The highest BCUT2D eigenvalue weighted by Gasteiger charge is 2.10. The fourth-order valence-corrected chi connectivity index (χ4v) is 1.74. The average molecular weight is 301 g/mol. The molecule has 0 saturated heterocycles. The molecule has 0 spiro atoms. The van der Waals surface area contributed by atoms with Gasteiger partial charge in [0.05, 0.1) is 5.56 Å². The molecule has 0 heterocycles. The van der Waals surface area contributed by atoms with Gasteiger partial charge in [0, 0.05) is 11.0 Å². The van der Waals surface area contributed by atoms with Crippen molar-refractivity contribution < 1.29 is 9.90 Å². The zero-order valence-electron chi connectivity index (χ0n) is 9.79. The first-order chi connectivity index (χ1) is 8.15. The first-order valence-electron chi connectivity index (χ1n) is 5.62. The molecular formula is C12H17BrN2O2. The summed E-state index contributed by atoms with van der Waals surface area (Å²) in [4.78, 5) is 11.7. The topological polar surface area (TPSA) is 61.4 Å². The molecule has 1 aromatic carbocycles. The Morgan fingerprint density at radius 3 is 2.88 bits per heavy atom. The van der Waals surface area contributed by atoms with E-state index in [2.05, 4.69) is 26.6 Å². The van der Waals surface area contributed by atoms with Gasteiger partial charge in [0.2, 0.25) is 0 Å². The Labute approximate surface area is 110 Å². The summed E-state index contributed by atoms with van der Waals surface area (Å²) >= 11 is 3.27. The molecule has 0 radical (unpaired) electrons. The minimum Gasteiger partial charge on any atom is -0.507 e. The van der Waals surface area contributed by atoms with Gasteiger partial charge in [-0.05, 0) is 37.7 Å². The molecule has 0 atom stereocenters. The van der Waals surface area contributed by atoms with Crippen LogP contribution in [-0.4, -0.2) is 30.6 Å². The van der Waals surface area contributed by atoms with Crippen LogP contribution in [0.15, 0.2) is 22.7 Å². The number of phenols is 1. The lowest BCUT2D eigenvalue weighted by Gasteiger charge is -2.07. The van der Waals surface area contributed by atoms with E-state index in [-0.39, 0.29) is 11.7 Å². The van der Waals surface area contributed by atoms with Crippen molar-refractivity contribution in [2.75, 3.05) is 19.6 Å². The van der Waals surface area contributed by atoms with E-state index in [1.54, 1.807) is 12.1 Å². The highest BCUT2D eigenvalue weighted by atomic mass is 79.9. The highest BCUT2D eigenvalue weighted by Crippen LogP contribution is 2.21. The molecule has 0 unspecified atom stereocenters. The number of hydrogen-bond donors (Lipinski definition) is 3. The normalized spacial score (nSPS) is 10.2. The van der Waals surface area contributed by atoms with E-state index in [1.807, 2.05) is 6.92 Å². The summed E-state index contributed by atoms with van der Waals surface area (Å²) in [6.07, 6.45) is 0.869. The summed E-state index contributed by atoms with van der Waals surface area (Å²) in [5.74, 6) is -0.252. The number of hydrogen-bond acceptors (Lipinski definition) is 3. The predicted molar refractivity (Wildman–Crippen MR) is 71.3 cm³/mol. The van der Waals surface area contributed by atoms with Crippen LogP contribution in [0.5, 0.6) is 5.75 Å². The Morgan fingerprint density at radius 2 is 2.18 bits per heavy atom. The lowest BCUT2D eigenvalue weighted by Crippen LogP contribution is -2.27. The molecule has 0 saturated carbocycles. The number of carbonyl (C=O) groups excluding carboxylic acids is 1. The fraction of sp³-hybridized carbons (Fsp3) is 0.417. The number of halogens is 1. The van der Waals surface area contributed by atoms with Gasteiger partial charge in [-0.2, -0.15) is 0 Å². The van der Waals surface area contributed by atoms with Gasteiger partial charge in [0.1, 0.15) is 5.75 Å². The van der Waals surface area contributed by atoms with Crippen LogP contribution in [0.1, 0.15) is 23.7 Å². The van der Waals surface area contributed by atoms with Crippen LogP contribution in [0.4, 0.5) is 0 Å². The summed E-state index contributed by atoms with van der Waals surface area (Å²) < 4.78 is 0.771. The van der Waals surface area contributed by atoms with Crippen LogP contribution in [0.2, 0.25) is 0 Å². The number of phenolic OH excluding ortho intramolecular Hbond substituents is 1. The van der Waals surface area contributed by atoms with E-state index >= 15 is 0 Å². The third-order valence-corrected chi connectivity index (χ3v) is 2.76. The monoisotopic (exact) mass is 300 g/mol. The van der Waals surface area contributed by atoms with E-state index in [0.29, 0.717) is 12.1 Å². The van der Waals surface area contributed by atoms with E-state index in [1.165, 1.54) is 6.07 Å². The zero-order valence-corrected chi connectivity index (χ0v) is 11.4. The maximum atomic E-state index is 11.7. The maximum absolute atomic E-state index is 11.7. The molecule has 0 aliphatic heterocycles. The molecular weight excluding hydrogens is 284 g/mol. The molecule has 0 bridgehead atoms. The summed E-state index contributed by atoms with van der Waals surface area (Å²) in [7, 11) is 0. The van der Waals surface area contributed by atoms with Crippen LogP contribution in [-0.2, 0) is 0 Å². The van der Waals surface area contributed by atoms with E-state index in [9.17, 15) is 9.90 Å². The number of rotatable bonds is 6. The molecule has 4 nitrogen and oxygen atoms in total. The molecule has 1 amide bonds. The Hall–Kier alpha value is -1.07. The second-order valence-electron chi connectivity index (χ2n) is 3.62. The van der Waals surface area contributed by atoms with Gasteiger partial charge in [-0.15, -0.1) is 0 Å².